The Morgan fingerprint density at radius 3 is 1.66 bits per heavy atom. The van der Waals surface area contributed by atoms with E-state index in [1.807, 2.05) is 0 Å². The lowest BCUT2D eigenvalue weighted by Gasteiger charge is -2.38. The molecule has 1 aliphatic carbocycles. The molecule has 2 unspecified atom stereocenters. The summed E-state index contributed by atoms with van der Waals surface area (Å²) in [6.07, 6.45) is 4.98. The molecule has 2 heterocycles. The standard InChI is InChI=1S/C49H33N/c1-49-45-29-36(30-46(49)43-21-7-9-23-48(43)50(49)47-22-8-6-20-42(45)47)34-15-11-13-32(27-34)31-12-10-14-33(26-31)35-24-25-41-39-18-3-2-16-37(39)38-17-4-5-19-40(38)44(41)28-35/h2-30,45H,1H3. The van der Waals surface area contributed by atoms with Crippen molar-refractivity contribution < 1.29 is 0 Å². The van der Waals surface area contributed by atoms with Crippen molar-refractivity contribution in [2.45, 2.75) is 18.4 Å². The van der Waals surface area contributed by atoms with Crippen molar-refractivity contribution in [2.75, 3.05) is 4.90 Å². The molecule has 0 saturated heterocycles. The van der Waals surface area contributed by atoms with Crippen LogP contribution in [0, 0.1) is 0 Å². The second-order valence-electron chi connectivity index (χ2n) is 14.2. The van der Waals surface area contributed by atoms with E-state index in [1.54, 1.807) is 0 Å². The van der Waals surface area contributed by atoms with Gasteiger partial charge in [-0.3, -0.25) is 0 Å². The molecule has 2 aliphatic heterocycles. The number of hydrogen-bond donors (Lipinski definition) is 0. The van der Waals surface area contributed by atoms with Crippen LogP contribution in [0.5, 0.6) is 0 Å². The van der Waals surface area contributed by atoms with E-state index in [2.05, 4.69) is 188 Å². The quantitative estimate of drug-likeness (QED) is 0.175. The predicted octanol–water partition coefficient (Wildman–Crippen LogP) is 13.0. The lowest BCUT2D eigenvalue weighted by molar-refractivity contribution is 0.577. The average Bonchev–Trinajstić information content (AvgIpc) is 3.61. The van der Waals surface area contributed by atoms with Crippen LogP contribution in [0.1, 0.15) is 29.5 Å². The van der Waals surface area contributed by atoms with Gasteiger partial charge < -0.3 is 4.90 Å². The number of anilines is 2. The van der Waals surface area contributed by atoms with Crippen LogP contribution in [0.4, 0.5) is 11.4 Å². The molecule has 50 heavy (non-hydrogen) atoms. The highest BCUT2D eigenvalue weighted by atomic mass is 15.3. The Morgan fingerprint density at radius 2 is 0.960 bits per heavy atom. The van der Waals surface area contributed by atoms with Crippen molar-refractivity contribution in [1.29, 1.82) is 0 Å². The molecular formula is C49H33N. The van der Waals surface area contributed by atoms with Crippen LogP contribution < -0.4 is 4.90 Å². The van der Waals surface area contributed by atoms with Crippen LogP contribution in [-0.2, 0) is 0 Å². The molecular weight excluding hydrogens is 603 g/mol. The van der Waals surface area contributed by atoms with Gasteiger partial charge in [-0.2, -0.15) is 0 Å². The molecule has 11 rings (SSSR count). The van der Waals surface area contributed by atoms with Crippen LogP contribution in [0.3, 0.4) is 0 Å². The Labute approximate surface area is 292 Å². The van der Waals surface area contributed by atoms with E-state index in [9.17, 15) is 0 Å². The SMILES string of the molecule is CC12C3=CC(c4cccc(-c5cccc(-c6ccc7c8ccccc8c8ccccc8c7c6)c5)c4)=CC1c1ccccc1N2c1ccccc13. The van der Waals surface area contributed by atoms with Crippen molar-refractivity contribution in [3.63, 3.8) is 0 Å². The fourth-order valence-electron chi connectivity index (χ4n) is 9.37. The van der Waals surface area contributed by atoms with Gasteiger partial charge in [0.05, 0.1) is 5.54 Å². The van der Waals surface area contributed by atoms with Gasteiger partial charge in [0.2, 0.25) is 0 Å². The van der Waals surface area contributed by atoms with Crippen molar-refractivity contribution >= 4 is 54.8 Å². The summed E-state index contributed by atoms with van der Waals surface area (Å²) in [4.78, 5) is 2.58. The first-order chi connectivity index (χ1) is 24.7. The van der Waals surface area contributed by atoms with Crippen LogP contribution in [0.25, 0.3) is 65.7 Å². The van der Waals surface area contributed by atoms with Gasteiger partial charge in [0.1, 0.15) is 0 Å². The topological polar surface area (TPSA) is 3.24 Å². The number of para-hydroxylation sites is 2. The fraction of sp³-hybridized carbons (Fsp3) is 0.0612. The largest absolute Gasteiger partial charge is 0.330 e. The van der Waals surface area contributed by atoms with Crippen molar-refractivity contribution in [1.82, 2.24) is 0 Å². The number of rotatable bonds is 3. The van der Waals surface area contributed by atoms with Gasteiger partial charge >= 0.3 is 0 Å². The highest BCUT2D eigenvalue weighted by molar-refractivity contribution is 6.25. The molecule has 0 radical (unpaired) electrons. The zero-order valence-corrected chi connectivity index (χ0v) is 27.8. The molecule has 0 bridgehead atoms. The van der Waals surface area contributed by atoms with E-state index in [0.29, 0.717) is 0 Å². The first-order valence-corrected chi connectivity index (χ1v) is 17.6. The summed E-state index contributed by atoms with van der Waals surface area (Å²) in [5, 5.41) is 7.83. The summed E-state index contributed by atoms with van der Waals surface area (Å²) >= 11 is 0. The van der Waals surface area contributed by atoms with E-state index < -0.39 is 0 Å². The number of benzene rings is 8. The molecule has 0 aromatic heterocycles. The molecule has 0 N–H and O–H groups in total. The Kier molecular flexibility index (Phi) is 5.64. The molecule has 2 atom stereocenters. The maximum atomic E-state index is 2.58. The van der Waals surface area contributed by atoms with E-state index in [0.717, 1.165) is 0 Å². The molecule has 0 spiro atoms. The van der Waals surface area contributed by atoms with Gasteiger partial charge in [-0.25, -0.2) is 0 Å². The molecule has 234 valence electrons. The first kappa shape index (κ1) is 27.7. The van der Waals surface area contributed by atoms with Crippen LogP contribution in [0.2, 0.25) is 0 Å². The monoisotopic (exact) mass is 635 g/mol. The second-order valence-corrected chi connectivity index (χ2v) is 14.2. The third-order valence-electron chi connectivity index (χ3n) is 11.7. The number of nitrogens with zero attached hydrogens (tertiary/aromatic N) is 1. The predicted molar refractivity (Wildman–Crippen MR) is 212 cm³/mol. The third kappa shape index (κ3) is 3.72. The lowest BCUT2D eigenvalue weighted by atomic mass is 9.72. The fourth-order valence-corrected chi connectivity index (χ4v) is 9.37. The number of allylic oxidation sites excluding steroid dienone is 2. The number of fused-ring (bicyclic) bond motifs is 12. The Bertz CT molecular complexity index is 2760. The minimum atomic E-state index is -0.125. The Hall–Kier alpha value is -6.18. The van der Waals surface area contributed by atoms with Crippen LogP contribution in [-0.4, -0.2) is 5.54 Å². The molecule has 8 aromatic carbocycles. The van der Waals surface area contributed by atoms with E-state index >= 15 is 0 Å². The van der Waals surface area contributed by atoms with Crippen molar-refractivity contribution in [3.8, 4) is 22.3 Å². The summed E-state index contributed by atoms with van der Waals surface area (Å²) in [7, 11) is 0. The van der Waals surface area contributed by atoms with Crippen LogP contribution >= 0.6 is 0 Å². The van der Waals surface area contributed by atoms with Gasteiger partial charge in [0.15, 0.2) is 0 Å². The average molecular weight is 636 g/mol. The first-order valence-electron chi connectivity index (χ1n) is 17.6. The van der Waals surface area contributed by atoms with Gasteiger partial charge in [0.25, 0.3) is 0 Å². The van der Waals surface area contributed by atoms with Crippen molar-refractivity contribution in [3.05, 3.63) is 193 Å². The molecule has 1 heteroatoms. The highest BCUT2D eigenvalue weighted by Gasteiger charge is 2.56. The van der Waals surface area contributed by atoms with Gasteiger partial charge in [-0.05, 0) is 120 Å². The van der Waals surface area contributed by atoms with Gasteiger partial charge in [-0.15, -0.1) is 0 Å². The normalized spacial score (nSPS) is 18.6. The maximum absolute atomic E-state index is 2.58. The van der Waals surface area contributed by atoms with E-state index in [1.165, 1.54) is 93.8 Å². The summed E-state index contributed by atoms with van der Waals surface area (Å²) < 4.78 is 0. The Morgan fingerprint density at radius 1 is 0.440 bits per heavy atom. The van der Waals surface area contributed by atoms with Gasteiger partial charge in [-0.1, -0.05) is 140 Å². The molecule has 0 fully saturated rings. The second kappa shape index (κ2) is 10.2. The number of hydrogen-bond acceptors (Lipinski definition) is 1. The van der Waals surface area contributed by atoms with E-state index in [4.69, 9.17) is 0 Å². The van der Waals surface area contributed by atoms with Crippen molar-refractivity contribution in [2.24, 2.45) is 0 Å². The molecule has 0 saturated carbocycles. The molecule has 0 amide bonds. The minimum Gasteiger partial charge on any atom is -0.330 e. The minimum absolute atomic E-state index is 0.125. The summed E-state index contributed by atoms with van der Waals surface area (Å²) in [5.41, 5.74) is 14.2. The zero-order chi connectivity index (χ0) is 33.0. The summed E-state index contributed by atoms with van der Waals surface area (Å²) in [6.45, 7) is 2.43. The molecule has 8 aromatic rings. The van der Waals surface area contributed by atoms with Gasteiger partial charge in [0, 0.05) is 22.9 Å². The van der Waals surface area contributed by atoms with E-state index in [-0.39, 0.29) is 11.5 Å². The smallest absolute Gasteiger partial charge is 0.0785 e. The lowest BCUT2D eigenvalue weighted by Crippen LogP contribution is -2.40. The summed E-state index contributed by atoms with van der Waals surface area (Å²) in [5.74, 6) is 0.272. The summed E-state index contributed by atoms with van der Waals surface area (Å²) in [6, 6.07) is 60.7. The highest BCUT2D eigenvalue weighted by Crippen LogP contribution is 2.65. The maximum Gasteiger partial charge on any atom is 0.0785 e. The van der Waals surface area contributed by atoms with Crippen LogP contribution in [0.15, 0.2) is 176 Å². The zero-order valence-electron chi connectivity index (χ0n) is 27.8. The molecule has 3 aliphatic rings. The molecule has 1 nitrogen and oxygen atoms in total. The third-order valence-corrected chi connectivity index (χ3v) is 11.7. The Balaban J connectivity index is 1.02.